The van der Waals surface area contributed by atoms with Gasteiger partial charge in [-0.15, -0.1) is 5.10 Å². The Morgan fingerprint density at radius 3 is 2.67 bits per heavy atom. The second kappa shape index (κ2) is 7.12. The second-order valence-corrected chi connectivity index (χ2v) is 6.22. The average molecular weight is 368 g/mol. The third-order valence-electron chi connectivity index (χ3n) is 4.40. The largest absolute Gasteiger partial charge is 0.443 e. The quantitative estimate of drug-likeness (QED) is 0.737. The summed E-state index contributed by atoms with van der Waals surface area (Å²) >= 11 is 0. The van der Waals surface area contributed by atoms with Gasteiger partial charge in [0.05, 0.1) is 18.8 Å². The number of carbonyl (C=O) groups excluding carboxylic acids is 1. The summed E-state index contributed by atoms with van der Waals surface area (Å²) in [7, 11) is 0. The SMILES string of the molecule is NC[C@H]1CN(c2ccc(-c3ccc(Cn4cnnn4)cc3)c(F)c2)C(=O)O1. The maximum Gasteiger partial charge on any atom is 0.414 e. The van der Waals surface area contributed by atoms with E-state index in [4.69, 9.17) is 10.5 Å². The van der Waals surface area contributed by atoms with Crippen molar-refractivity contribution in [1.82, 2.24) is 20.2 Å². The van der Waals surface area contributed by atoms with Crippen LogP contribution in [0.5, 0.6) is 0 Å². The molecule has 1 aromatic heterocycles. The molecule has 1 amide bonds. The molecule has 1 saturated heterocycles. The lowest BCUT2D eigenvalue weighted by Crippen LogP contribution is -2.27. The number of aromatic nitrogens is 4. The topological polar surface area (TPSA) is 99.2 Å². The Bertz CT molecular complexity index is 945. The van der Waals surface area contributed by atoms with Crippen LogP contribution in [0.3, 0.4) is 0 Å². The summed E-state index contributed by atoms with van der Waals surface area (Å²) < 4.78 is 21.4. The van der Waals surface area contributed by atoms with Crippen LogP contribution in [0, 0.1) is 5.82 Å². The predicted octanol–water partition coefficient (Wildman–Crippen LogP) is 1.81. The van der Waals surface area contributed by atoms with E-state index in [1.165, 1.54) is 17.3 Å². The Kier molecular flexibility index (Phi) is 4.51. The van der Waals surface area contributed by atoms with E-state index in [0.29, 0.717) is 24.3 Å². The van der Waals surface area contributed by atoms with Crippen molar-refractivity contribution in [3.8, 4) is 11.1 Å². The van der Waals surface area contributed by atoms with Crippen molar-refractivity contribution in [3.05, 3.63) is 60.2 Å². The van der Waals surface area contributed by atoms with Gasteiger partial charge in [0.15, 0.2) is 0 Å². The summed E-state index contributed by atoms with van der Waals surface area (Å²) in [4.78, 5) is 13.3. The van der Waals surface area contributed by atoms with E-state index in [1.807, 2.05) is 24.3 Å². The maximum absolute atomic E-state index is 14.7. The first-order valence-corrected chi connectivity index (χ1v) is 8.42. The van der Waals surface area contributed by atoms with Crippen molar-refractivity contribution in [2.75, 3.05) is 18.0 Å². The number of halogens is 1. The molecule has 0 aliphatic carbocycles. The van der Waals surface area contributed by atoms with E-state index >= 15 is 0 Å². The van der Waals surface area contributed by atoms with Crippen LogP contribution in [-0.2, 0) is 11.3 Å². The van der Waals surface area contributed by atoms with Crippen LogP contribution in [-0.4, -0.2) is 45.5 Å². The Balaban J connectivity index is 1.53. The summed E-state index contributed by atoms with van der Waals surface area (Å²) in [6, 6.07) is 12.2. The van der Waals surface area contributed by atoms with E-state index in [1.54, 1.807) is 16.8 Å². The second-order valence-electron chi connectivity index (χ2n) is 6.22. The fraction of sp³-hybridized carbons (Fsp3) is 0.222. The van der Waals surface area contributed by atoms with Gasteiger partial charge < -0.3 is 10.5 Å². The van der Waals surface area contributed by atoms with Gasteiger partial charge in [0.2, 0.25) is 0 Å². The molecule has 0 saturated carbocycles. The molecular weight excluding hydrogens is 351 g/mol. The number of hydrogen-bond acceptors (Lipinski definition) is 6. The van der Waals surface area contributed by atoms with Gasteiger partial charge in [0, 0.05) is 12.1 Å². The van der Waals surface area contributed by atoms with Crippen LogP contribution in [0.15, 0.2) is 48.8 Å². The summed E-state index contributed by atoms with van der Waals surface area (Å²) in [5.74, 6) is -0.412. The van der Waals surface area contributed by atoms with Crippen molar-refractivity contribution < 1.29 is 13.9 Å². The lowest BCUT2D eigenvalue weighted by Gasteiger charge is -2.14. The number of carbonyl (C=O) groups is 1. The van der Waals surface area contributed by atoms with Gasteiger partial charge in [-0.3, -0.25) is 4.90 Å². The van der Waals surface area contributed by atoms with E-state index in [-0.39, 0.29) is 12.6 Å². The van der Waals surface area contributed by atoms with Gasteiger partial charge in [0.25, 0.3) is 0 Å². The van der Waals surface area contributed by atoms with Crippen LogP contribution >= 0.6 is 0 Å². The molecule has 0 bridgehead atoms. The van der Waals surface area contributed by atoms with Crippen molar-refractivity contribution in [1.29, 1.82) is 0 Å². The minimum absolute atomic E-state index is 0.236. The van der Waals surface area contributed by atoms with Gasteiger partial charge in [-0.1, -0.05) is 24.3 Å². The van der Waals surface area contributed by atoms with Crippen molar-refractivity contribution in [2.45, 2.75) is 12.6 Å². The molecule has 2 aromatic carbocycles. The lowest BCUT2D eigenvalue weighted by atomic mass is 10.0. The number of ether oxygens (including phenoxy) is 1. The molecule has 1 atom stereocenters. The van der Waals surface area contributed by atoms with Gasteiger partial charge in [-0.2, -0.15) is 0 Å². The van der Waals surface area contributed by atoms with Gasteiger partial charge in [-0.25, -0.2) is 13.9 Å². The first-order chi connectivity index (χ1) is 13.1. The molecule has 0 radical (unpaired) electrons. The zero-order chi connectivity index (χ0) is 18.8. The van der Waals surface area contributed by atoms with Crippen LogP contribution in [0.25, 0.3) is 11.1 Å². The minimum Gasteiger partial charge on any atom is -0.443 e. The maximum atomic E-state index is 14.7. The molecule has 1 aliphatic heterocycles. The Morgan fingerprint density at radius 2 is 2.04 bits per heavy atom. The number of nitrogens with zero attached hydrogens (tertiary/aromatic N) is 5. The van der Waals surface area contributed by atoms with E-state index < -0.39 is 11.9 Å². The predicted molar refractivity (Wildman–Crippen MR) is 95.4 cm³/mol. The summed E-state index contributed by atoms with van der Waals surface area (Å²) in [5, 5.41) is 11.0. The van der Waals surface area contributed by atoms with E-state index in [0.717, 1.165) is 11.1 Å². The van der Waals surface area contributed by atoms with Crippen molar-refractivity contribution >= 4 is 11.8 Å². The number of cyclic esters (lactones) is 1. The standard InChI is InChI=1S/C18H17FN6O2/c19-17-7-14(25-10-15(8-20)27-18(25)26)5-6-16(17)13-3-1-12(2-4-13)9-24-11-21-22-23-24/h1-7,11,15H,8-10,20H2/t15-/m0/s1. The molecule has 0 spiro atoms. The highest BCUT2D eigenvalue weighted by Crippen LogP contribution is 2.29. The number of rotatable bonds is 5. The van der Waals surface area contributed by atoms with Gasteiger partial charge in [-0.05, 0) is 39.8 Å². The van der Waals surface area contributed by atoms with Crippen LogP contribution in [0.1, 0.15) is 5.56 Å². The molecule has 3 aromatic rings. The minimum atomic E-state index is -0.510. The summed E-state index contributed by atoms with van der Waals surface area (Å²) in [5.41, 5.74) is 8.17. The van der Waals surface area contributed by atoms with E-state index in [2.05, 4.69) is 15.5 Å². The first-order valence-electron chi connectivity index (χ1n) is 8.42. The number of tetrazole rings is 1. The third kappa shape index (κ3) is 3.49. The summed E-state index contributed by atoms with van der Waals surface area (Å²) in [6.07, 6.45) is 0.655. The van der Waals surface area contributed by atoms with Crippen LogP contribution < -0.4 is 10.6 Å². The smallest absolute Gasteiger partial charge is 0.414 e. The monoisotopic (exact) mass is 368 g/mol. The zero-order valence-corrected chi connectivity index (χ0v) is 14.3. The molecule has 2 heterocycles. The highest BCUT2D eigenvalue weighted by atomic mass is 19.1. The van der Waals surface area contributed by atoms with Gasteiger partial charge >= 0.3 is 6.09 Å². The zero-order valence-electron chi connectivity index (χ0n) is 14.3. The Morgan fingerprint density at radius 1 is 1.22 bits per heavy atom. The molecule has 27 heavy (non-hydrogen) atoms. The number of benzene rings is 2. The third-order valence-corrected chi connectivity index (χ3v) is 4.40. The molecule has 9 heteroatoms. The molecular formula is C18H17FN6O2. The average Bonchev–Trinajstić information content (AvgIpc) is 3.32. The number of anilines is 1. The molecule has 138 valence electrons. The van der Waals surface area contributed by atoms with Crippen LogP contribution in [0.2, 0.25) is 0 Å². The van der Waals surface area contributed by atoms with E-state index in [9.17, 15) is 9.18 Å². The molecule has 1 fully saturated rings. The molecule has 1 aliphatic rings. The highest BCUT2D eigenvalue weighted by molar-refractivity contribution is 5.90. The van der Waals surface area contributed by atoms with Crippen molar-refractivity contribution in [2.24, 2.45) is 5.73 Å². The molecule has 2 N–H and O–H groups in total. The normalized spacial score (nSPS) is 16.6. The van der Waals surface area contributed by atoms with Crippen LogP contribution in [0.4, 0.5) is 14.9 Å². The fourth-order valence-electron chi connectivity index (χ4n) is 2.99. The fourth-order valence-corrected chi connectivity index (χ4v) is 2.99. The number of hydrogen-bond donors (Lipinski definition) is 1. The Hall–Kier alpha value is -3.33. The van der Waals surface area contributed by atoms with Gasteiger partial charge in [0.1, 0.15) is 18.2 Å². The number of nitrogens with two attached hydrogens (primary N) is 1. The lowest BCUT2D eigenvalue weighted by molar-refractivity contribution is 0.145. The molecule has 0 unspecified atom stereocenters. The van der Waals surface area contributed by atoms with Crippen molar-refractivity contribution in [3.63, 3.8) is 0 Å². The number of amides is 1. The Labute approximate surface area is 154 Å². The molecule has 8 nitrogen and oxygen atoms in total. The highest BCUT2D eigenvalue weighted by Gasteiger charge is 2.31. The molecule has 4 rings (SSSR count). The first kappa shape index (κ1) is 17.1. The summed E-state index contributed by atoms with van der Waals surface area (Å²) in [6.45, 7) is 1.09.